The summed E-state index contributed by atoms with van der Waals surface area (Å²) >= 11 is 0. The normalized spacial score (nSPS) is 13.5. The van der Waals surface area contributed by atoms with Gasteiger partial charge in [0.25, 0.3) is 5.91 Å². The fraction of sp³-hybridized carbons (Fsp3) is 0.138. The van der Waals surface area contributed by atoms with E-state index in [1.165, 1.54) is 0 Å². The molecule has 1 N–H and O–H groups in total. The predicted octanol–water partition coefficient (Wildman–Crippen LogP) is 5.29. The second kappa shape index (κ2) is 9.06. The molecule has 0 spiro atoms. The minimum atomic E-state index is 0.00647. The maximum atomic E-state index is 13.8. The van der Waals surface area contributed by atoms with E-state index in [4.69, 9.17) is 0 Å². The number of nitrogens with one attached hydrogen (secondary N) is 1. The number of aromatic amines is 1. The van der Waals surface area contributed by atoms with E-state index < -0.39 is 0 Å². The molecule has 3 aromatic carbocycles. The van der Waals surface area contributed by atoms with Gasteiger partial charge in [0.05, 0.1) is 29.6 Å². The summed E-state index contributed by atoms with van der Waals surface area (Å²) in [5.74, 6) is 0.00647. The Bertz CT molecular complexity index is 1470. The number of anilines is 1. The highest BCUT2D eigenvalue weighted by Crippen LogP contribution is 2.32. The molecule has 2 aromatic heterocycles. The van der Waals surface area contributed by atoms with Gasteiger partial charge in [-0.05, 0) is 41.0 Å². The number of aromatic nitrogens is 3. The molecule has 6 nitrogen and oxygen atoms in total. The summed E-state index contributed by atoms with van der Waals surface area (Å²) in [6.45, 7) is 2.55. The lowest BCUT2D eigenvalue weighted by atomic mass is 10.0. The van der Waals surface area contributed by atoms with Crippen molar-refractivity contribution >= 4 is 22.5 Å². The number of pyridine rings is 1. The summed E-state index contributed by atoms with van der Waals surface area (Å²) in [6, 6.07) is 26.6. The fourth-order valence-corrected chi connectivity index (χ4v) is 4.84. The van der Waals surface area contributed by atoms with E-state index in [2.05, 4.69) is 50.2 Å². The van der Waals surface area contributed by atoms with Crippen LogP contribution in [-0.4, -0.2) is 38.8 Å². The number of fused-ring (bicyclic) bond motifs is 2. The van der Waals surface area contributed by atoms with Crippen LogP contribution in [0.25, 0.3) is 22.0 Å². The molecule has 3 heterocycles. The molecule has 0 saturated heterocycles. The van der Waals surface area contributed by atoms with E-state index >= 15 is 0 Å². The highest BCUT2D eigenvalue weighted by Gasteiger charge is 2.26. The van der Waals surface area contributed by atoms with Crippen molar-refractivity contribution in [3.05, 3.63) is 114 Å². The van der Waals surface area contributed by atoms with E-state index in [9.17, 15) is 4.79 Å². The number of amides is 1. The molecule has 6 rings (SSSR count). The predicted molar refractivity (Wildman–Crippen MR) is 138 cm³/mol. The second-order valence-electron chi connectivity index (χ2n) is 8.80. The summed E-state index contributed by atoms with van der Waals surface area (Å²) in [6.07, 6.45) is 5.37. The third-order valence-electron chi connectivity index (χ3n) is 6.59. The van der Waals surface area contributed by atoms with Crippen molar-refractivity contribution in [2.45, 2.75) is 13.1 Å². The molecule has 0 unspecified atom stereocenters. The standard InChI is InChI=1S/C29H25N5O/c35-29(26-10-4-8-22-9-5-13-31-28(22)26)34-15-14-33(19-25-17-30-20-32-25)27-12-11-23(16-24(27)18-34)21-6-2-1-3-7-21/h1-13,16-17,20H,14-15,18-19H2,(H,30,32). The average molecular weight is 460 g/mol. The van der Waals surface area contributed by atoms with Crippen LogP contribution < -0.4 is 4.90 Å². The average Bonchev–Trinajstić information content (AvgIpc) is 3.36. The first-order valence-electron chi connectivity index (χ1n) is 11.8. The monoisotopic (exact) mass is 459 g/mol. The van der Waals surface area contributed by atoms with Crippen molar-refractivity contribution in [2.24, 2.45) is 0 Å². The Balaban J connectivity index is 1.39. The minimum absolute atomic E-state index is 0.00647. The Labute approximate surface area is 203 Å². The van der Waals surface area contributed by atoms with E-state index in [0.717, 1.165) is 39.0 Å². The summed E-state index contributed by atoms with van der Waals surface area (Å²) in [5, 5.41) is 0.972. The van der Waals surface area contributed by atoms with Gasteiger partial charge in [0, 0.05) is 43.1 Å². The van der Waals surface area contributed by atoms with Gasteiger partial charge in [0.1, 0.15) is 0 Å². The minimum Gasteiger partial charge on any atom is -0.364 e. The molecule has 1 aliphatic heterocycles. The van der Waals surface area contributed by atoms with Crippen molar-refractivity contribution in [1.29, 1.82) is 0 Å². The number of hydrogen-bond acceptors (Lipinski definition) is 4. The van der Waals surface area contributed by atoms with Gasteiger partial charge in [-0.1, -0.05) is 54.6 Å². The van der Waals surface area contributed by atoms with Crippen LogP contribution in [0.4, 0.5) is 5.69 Å². The molecule has 172 valence electrons. The number of hydrogen-bond donors (Lipinski definition) is 1. The van der Waals surface area contributed by atoms with Crippen molar-refractivity contribution in [3.8, 4) is 11.1 Å². The molecule has 1 aliphatic rings. The Hall–Kier alpha value is -4.45. The van der Waals surface area contributed by atoms with Crippen LogP contribution in [0.2, 0.25) is 0 Å². The van der Waals surface area contributed by atoms with Crippen molar-refractivity contribution in [2.75, 3.05) is 18.0 Å². The van der Waals surface area contributed by atoms with Crippen LogP contribution in [0.3, 0.4) is 0 Å². The smallest absolute Gasteiger partial charge is 0.256 e. The number of nitrogens with zero attached hydrogens (tertiary/aromatic N) is 4. The van der Waals surface area contributed by atoms with Crippen LogP contribution >= 0.6 is 0 Å². The molecule has 5 aromatic rings. The molecule has 0 atom stereocenters. The molecule has 6 heteroatoms. The Kier molecular flexibility index (Phi) is 5.47. The zero-order chi connectivity index (χ0) is 23.6. The van der Waals surface area contributed by atoms with E-state index in [-0.39, 0.29) is 5.91 Å². The van der Waals surface area contributed by atoms with Crippen LogP contribution in [0, 0.1) is 0 Å². The number of para-hydroxylation sites is 1. The van der Waals surface area contributed by atoms with Crippen molar-refractivity contribution < 1.29 is 4.79 Å². The molecule has 0 aliphatic carbocycles. The van der Waals surface area contributed by atoms with Gasteiger partial charge >= 0.3 is 0 Å². The summed E-state index contributed by atoms with van der Waals surface area (Å²) in [5.41, 5.74) is 6.93. The highest BCUT2D eigenvalue weighted by atomic mass is 16.2. The lowest BCUT2D eigenvalue weighted by Crippen LogP contribution is -2.35. The SMILES string of the molecule is O=C(c1cccc2cccnc12)N1CCN(Cc2c[nH]cn2)c2ccc(-c3ccccc3)cc2C1. The van der Waals surface area contributed by atoms with Gasteiger partial charge in [-0.15, -0.1) is 0 Å². The largest absolute Gasteiger partial charge is 0.364 e. The topological polar surface area (TPSA) is 65.1 Å². The maximum Gasteiger partial charge on any atom is 0.256 e. The molecular formula is C29H25N5O. The van der Waals surface area contributed by atoms with E-state index in [1.54, 1.807) is 12.5 Å². The van der Waals surface area contributed by atoms with Crippen molar-refractivity contribution in [1.82, 2.24) is 19.9 Å². The van der Waals surface area contributed by atoms with Gasteiger partial charge in [-0.2, -0.15) is 0 Å². The Morgan fingerprint density at radius 1 is 0.886 bits per heavy atom. The van der Waals surface area contributed by atoms with Gasteiger partial charge in [-0.3, -0.25) is 9.78 Å². The number of benzene rings is 3. The van der Waals surface area contributed by atoms with Gasteiger partial charge in [0.2, 0.25) is 0 Å². The van der Waals surface area contributed by atoms with E-state index in [1.807, 2.05) is 59.6 Å². The third kappa shape index (κ3) is 4.15. The molecule has 1 amide bonds. The van der Waals surface area contributed by atoms with Crippen LogP contribution in [-0.2, 0) is 13.1 Å². The third-order valence-corrected chi connectivity index (χ3v) is 6.59. The molecular weight excluding hydrogens is 434 g/mol. The first-order valence-corrected chi connectivity index (χ1v) is 11.8. The zero-order valence-corrected chi connectivity index (χ0v) is 19.3. The van der Waals surface area contributed by atoms with Gasteiger partial charge < -0.3 is 14.8 Å². The van der Waals surface area contributed by atoms with Crippen molar-refractivity contribution in [3.63, 3.8) is 0 Å². The van der Waals surface area contributed by atoms with Gasteiger partial charge in [0.15, 0.2) is 0 Å². The number of imidazole rings is 1. The number of rotatable bonds is 4. The summed E-state index contributed by atoms with van der Waals surface area (Å²) in [4.78, 5) is 30.1. The summed E-state index contributed by atoms with van der Waals surface area (Å²) in [7, 11) is 0. The lowest BCUT2D eigenvalue weighted by molar-refractivity contribution is 0.0753. The van der Waals surface area contributed by atoms with E-state index in [0.29, 0.717) is 31.7 Å². The molecule has 0 bridgehead atoms. The van der Waals surface area contributed by atoms with Crippen LogP contribution in [0.15, 0.2) is 97.6 Å². The number of carbonyl (C=O) groups excluding carboxylic acids is 1. The Morgan fingerprint density at radius 2 is 1.77 bits per heavy atom. The quantitative estimate of drug-likeness (QED) is 0.397. The molecule has 0 saturated carbocycles. The first kappa shape index (κ1) is 21.1. The van der Waals surface area contributed by atoms with Crippen LogP contribution in [0.5, 0.6) is 0 Å². The van der Waals surface area contributed by atoms with Gasteiger partial charge in [-0.25, -0.2) is 4.98 Å². The maximum absolute atomic E-state index is 13.8. The molecule has 0 radical (unpaired) electrons. The number of H-pyrrole nitrogens is 1. The number of carbonyl (C=O) groups is 1. The Morgan fingerprint density at radius 3 is 2.63 bits per heavy atom. The first-order chi connectivity index (χ1) is 17.3. The lowest BCUT2D eigenvalue weighted by Gasteiger charge is -2.24. The zero-order valence-electron chi connectivity index (χ0n) is 19.3. The second-order valence-corrected chi connectivity index (χ2v) is 8.80. The fourth-order valence-electron chi connectivity index (χ4n) is 4.84. The molecule has 0 fully saturated rings. The highest BCUT2D eigenvalue weighted by molar-refractivity contribution is 6.05. The molecule has 35 heavy (non-hydrogen) atoms. The summed E-state index contributed by atoms with van der Waals surface area (Å²) < 4.78 is 0. The van der Waals surface area contributed by atoms with Crippen LogP contribution in [0.1, 0.15) is 21.6 Å².